The van der Waals surface area contributed by atoms with Crippen LogP contribution in [0, 0.1) is 5.82 Å². The summed E-state index contributed by atoms with van der Waals surface area (Å²) in [7, 11) is 0. The van der Waals surface area contributed by atoms with Gasteiger partial charge >= 0.3 is 0 Å². The summed E-state index contributed by atoms with van der Waals surface area (Å²) in [4.78, 5) is 0. The highest BCUT2D eigenvalue weighted by molar-refractivity contribution is 9.08. The van der Waals surface area contributed by atoms with Gasteiger partial charge in [0.15, 0.2) is 0 Å². The van der Waals surface area contributed by atoms with Crippen LogP contribution in [-0.2, 0) is 5.33 Å². The first kappa shape index (κ1) is 9.92. The number of rotatable bonds is 1. The topological polar surface area (TPSA) is 0 Å². The molecular weight excluding hydrogens is 218 g/mol. The third kappa shape index (κ3) is 2.67. The quantitative estimate of drug-likeness (QED) is 0.644. The molecule has 1 aromatic rings. The smallest absolute Gasteiger partial charge is 0.123 e. The predicted octanol–water partition coefficient (Wildman–Crippen LogP) is 3.14. The van der Waals surface area contributed by atoms with Crippen LogP contribution in [0.3, 0.4) is 0 Å². The van der Waals surface area contributed by atoms with E-state index in [0.29, 0.717) is 0 Å². The summed E-state index contributed by atoms with van der Waals surface area (Å²) < 4.78 is 12.2. The zero-order chi connectivity index (χ0) is 6.69. The van der Waals surface area contributed by atoms with Gasteiger partial charge < -0.3 is 0 Å². The van der Waals surface area contributed by atoms with Crippen molar-refractivity contribution in [3.8, 4) is 0 Å². The Labute approximate surface area is 74.0 Å². The maximum Gasteiger partial charge on any atom is 0.123 e. The Morgan fingerprint density at radius 2 is 1.70 bits per heavy atom. The van der Waals surface area contributed by atoms with Crippen molar-refractivity contribution in [2.24, 2.45) is 0 Å². The van der Waals surface area contributed by atoms with Gasteiger partial charge in [0, 0.05) is 5.33 Å². The van der Waals surface area contributed by atoms with Gasteiger partial charge in [0.1, 0.15) is 5.82 Å². The first-order valence-corrected chi connectivity index (χ1v) is 3.75. The second-order valence-electron chi connectivity index (χ2n) is 1.76. The van der Waals surface area contributed by atoms with Crippen molar-refractivity contribution in [2.75, 3.05) is 0 Å². The largest absolute Gasteiger partial charge is 0.207 e. The van der Waals surface area contributed by atoms with Crippen LogP contribution in [0.15, 0.2) is 24.3 Å². The van der Waals surface area contributed by atoms with E-state index in [-0.39, 0.29) is 18.2 Å². The van der Waals surface area contributed by atoms with Crippen LogP contribution in [0.2, 0.25) is 0 Å². The highest BCUT2D eigenvalue weighted by atomic mass is 79.9. The summed E-state index contributed by atoms with van der Waals surface area (Å²) in [6, 6.07) is 6.42. The highest BCUT2D eigenvalue weighted by Gasteiger charge is 1.88. The standard InChI is InChI=1S/C7H6BrF.ClH/c8-5-6-1-3-7(9)4-2-6;/h1-4H,5H2;1H. The fourth-order valence-corrected chi connectivity index (χ4v) is 0.947. The van der Waals surface area contributed by atoms with Crippen LogP contribution >= 0.6 is 28.3 Å². The van der Waals surface area contributed by atoms with Crippen LogP contribution in [0.5, 0.6) is 0 Å². The average molecular weight is 225 g/mol. The van der Waals surface area contributed by atoms with Crippen molar-refractivity contribution >= 4 is 28.3 Å². The molecule has 0 aliphatic carbocycles. The molecule has 0 amide bonds. The minimum atomic E-state index is -0.181. The maximum absolute atomic E-state index is 12.2. The zero-order valence-corrected chi connectivity index (χ0v) is 7.58. The minimum Gasteiger partial charge on any atom is -0.207 e. The second-order valence-corrected chi connectivity index (χ2v) is 2.32. The minimum absolute atomic E-state index is 0. The van der Waals surface area contributed by atoms with Gasteiger partial charge in [0.05, 0.1) is 0 Å². The maximum atomic E-state index is 12.2. The molecule has 0 N–H and O–H groups in total. The summed E-state index contributed by atoms with van der Waals surface area (Å²) in [5.41, 5.74) is 1.09. The third-order valence-corrected chi connectivity index (χ3v) is 1.72. The molecule has 0 aliphatic heterocycles. The summed E-state index contributed by atoms with van der Waals surface area (Å²) in [6.07, 6.45) is 0. The zero-order valence-electron chi connectivity index (χ0n) is 5.18. The SMILES string of the molecule is Cl.Fc1ccc(CBr)cc1. The van der Waals surface area contributed by atoms with Gasteiger partial charge in [-0.1, -0.05) is 28.1 Å². The Morgan fingerprint density at radius 1 is 1.20 bits per heavy atom. The molecule has 0 aromatic heterocycles. The van der Waals surface area contributed by atoms with Crippen molar-refractivity contribution in [3.63, 3.8) is 0 Å². The van der Waals surface area contributed by atoms with E-state index >= 15 is 0 Å². The van der Waals surface area contributed by atoms with Crippen LogP contribution < -0.4 is 0 Å². The number of hydrogen-bond donors (Lipinski definition) is 0. The van der Waals surface area contributed by atoms with E-state index in [1.807, 2.05) is 0 Å². The van der Waals surface area contributed by atoms with Gasteiger partial charge in [-0.05, 0) is 17.7 Å². The summed E-state index contributed by atoms with van der Waals surface area (Å²) in [6.45, 7) is 0. The molecule has 0 saturated heterocycles. The van der Waals surface area contributed by atoms with Crippen molar-refractivity contribution in [1.29, 1.82) is 0 Å². The molecule has 0 saturated carbocycles. The lowest BCUT2D eigenvalue weighted by Crippen LogP contribution is -1.76. The van der Waals surface area contributed by atoms with Gasteiger partial charge in [-0.3, -0.25) is 0 Å². The van der Waals surface area contributed by atoms with E-state index < -0.39 is 0 Å². The summed E-state index contributed by atoms with van der Waals surface area (Å²) in [5, 5.41) is 0.785. The predicted molar refractivity (Wildman–Crippen MR) is 46.3 cm³/mol. The van der Waals surface area contributed by atoms with Crippen LogP contribution in [0.25, 0.3) is 0 Å². The Balaban J connectivity index is 0.000000810. The molecule has 1 rings (SSSR count). The molecule has 3 heteroatoms. The molecule has 0 fully saturated rings. The average Bonchev–Trinajstić information content (AvgIpc) is 1.90. The molecule has 1 aromatic carbocycles. The van der Waals surface area contributed by atoms with Crippen LogP contribution in [0.1, 0.15) is 5.56 Å². The van der Waals surface area contributed by atoms with E-state index in [1.54, 1.807) is 12.1 Å². The lowest BCUT2D eigenvalue weighted by molar-refractivity contribution is 0.627. The van der Waals surface area contributed by atoms with Crippen LogP contribution in [0.4, 0.5) is 4.39 Å². The fraction of sp³-hybridized carbons (Fsp3) is 0.143. The number of benzene rings is 1. The molecule has 10 heavy (non-hydrogen) atoms. The Bertz CT molecular complexity index is 185. The van der Waals surface area contributed by atoms with Crippen LogP contribution in [-0.4, -0.2) is 0 Å². The monoisotopic (exact) mass is 224 g/mol. The van der Waals surface area contributed by atoms with Crippen molar-refractivity contribution < 1.29 is 4.39 Å². The lowest BCUT2D eigenvalue weighted by Gasteiger charge is -1.91. The highest BCUT2D eigenvalue weighted by Crippen LogP contribution is 2.05. The summed E-state index contributed by atoms with van der Waals surface area (Å²) in [5.74, 6) is -0.181. The fourth-order valence-electron chi connectivity index (χ4n) is 0.573. The first-order chi connectivity index (χ1) is 4.33. The van der Waals surface area contributed by atoms with E-state index in [2.05, 4.69) is 15.9 Å². The Hall–Kier alpha value is -0.0800. The third-order valence-electron chi connectivity index (χ3n) is 1.07. The summed E-state index contributed by atoms with van der Waals surface area (Å²) >= 11 is 3.26. The van der Waals surface area contributed by atoms with Crippen molar-refractivity contribution in [3.05, 3.63) is 35.6 Å². The molecule has 0 radical (unpaired) electrons. The second kappa shape index (κ2) is 4.69. The molecule has 0 nitrogen and oxygen atoms in total. The van der Waals surface area contributed by atoms with E-state index in [9.17, 15) is 4.39 Å². The molecule has 56 valence electrons. The van der Waals surface area contributed by atoms with Crippen molar-refractivity contribution in [1.82, 2.24) is 0 Å². The van der Waals surface area contributed by atoms with Gasteiger partial charge in [-0.15, -0.1) is 12.4 Å². The molecule has 0 bridgehead atoms. The van der Waals surface area contributed by atoms with Gasteiger partial charge in [-0.2, -0.15) is 0 Å². The number of halogens is 3. The molecular formula is C7H7BrClF. The van der Waals surface area contributed by atoms with Gasteiger partial charge in [-0.25, -0.2) is 4.39 Å². The molecule has 0 heterocycles. The number of hydrogen-bond acceptors (Lipinski definition) is 0. The normalized spacial score (nSPS) is 8.60. The lowest BCUT2D eigenvalue weighted by atomic mass is 10.2. The number of alkyl halides is 1. The first-order valence-electron chi connectivity index (χ1n) is 2.63. The van der Waals surface area contributed by atoms with E-state index in [4.69, 9.17) is 0 Å². The Kier molecular flexibility index (Phi) is 4.65. The molecule has 0 unspecified atom stereocenters. The molecule has 0 spiro atoms. The van der Waals surface area contributed by atoms with Crippen molar-refractivity contribution in [2.45, 2.75) is 5.33 Å². The Morgan fingerprint density at radius 3 is 2.10 bits per heavy atom. The molecule has 0 atom stereocenters. The van der Waals surface area contributed by atoms with E-state index in [0.717, 1.165) is 10.9 Å². The van der Waals surface area contributed by atoms with E-state index in [1.165, 1.54) is 12.1 Å². The molecule has 0 aliphatic rings. The van der Waals surface area contributed by atoms with Gasteiger partial charge in [0.2, 0.25) is 0 Å². The van der Waals surface area contributed by atoms with Gasteiger partial charge in [0.25, 0.3) is 0 Å².